The Hall–Kier alpha value is -2.50. The first-order valence-electron chi connectivity index (χ1n) is 6.79. The number of aryl methyl sites for hydroxylation is 2. The van der Waals surface area contributed by atoms with Crippen LogP contribution in [0.4, 0.5) is 0 Å². The van der Waals surface area contributed by atoms with E-state index in [-0.39, 0.29) is 12.7 Å². The van der Waals surface area contributed by atoms with Crippen LogP contribution in [-0.2, 0) is 17.8 Å². The minimum absolute atomic E-state index is 0.0275. The lowest BCUT2D eigenvalue weighted by molar-refractivity contribution is -0.120. The van der Waals surface area contributed by atoms with Gasteiger partial charge in [0.05, 0.1) is 12.1 Å². The molecule has 0 fully saturated rings. The van der Waals surface area contributed by atoms with Crippen molar-refractivity contribution in [2.24, 2.45) is 0 Å². The van der Waals surface area contributed by atoms with Gasteiger partial charge in [-0.1, -0.05) is 6.07 Å². The second-order valence-electron chi connectivity index (χ2n) is 5.05. The van der Waals surface area contributed by atoms with Crippen LogP contribution in [0.2, 0.25) is 0 Å². The number of fused-ring (bicyclic) bond motifs is 1. The fourth-order valence-corrected chi connectivity index (χ4v) is 2.31. The van der Waals surface area contributed by atoms with E-state index in [4.69, 9.17) is 9.47 Å². The van der Waals surface area contributed by atoms with Gasteiger partial charge in [0.15, 0.2) is 11.5 Å². The van der Waals surface area contributed by atoms with Crippen molar-refractivity contribution >= 4 is 5.91 Å². The SMILES string of the molecule is Cc1n[nH]c(C)c1CC(=O)NCc1ccc2c(c1)OCO2. The van der Waals surface area contributed by atoms with E-state index in [9.17, 15) is 4.79 Å². The number of carbonyl (C=O) groups excluding carboxylic acids is 1. The topological polar surface area (TPSA) is 76.2 Å². The number of nitrogens with one attached hydrogen (secondary N) is 2. The number of hydrogen-bond donors (Lipinski definition) is 2. The molecule has 1 aromatic carbocycles. The fourth-order valence-electron chi connectivity index (χ4n) is 2.31. The van der Waals surface area contributed by atoms with Crippen molar-refractivity contribution in [2.75, 3.05) is 6.79 Å². The van der Waals surface area contributed by atoms with Crippen LogP contribution in [0.3, 0.4) is 0 Å². The molecule has 21 heavy (non-hydrogen) atoms. The van der Waals surface area contributed by atoms with Crippen molar-refractivity contribution in [1.82, 2.24) is 15.5 Å². The number of hydrogen-bond acceptors (Lipinski definition) is 4. The molecular formula is C15H17N3O3. The molecule has 6 heteroatoms. The Balaban J connectivity index is 1.59. The van der Waals surface area contributed by atoms with Gasteiger partial charge in [0.25, 0.3) is 0 Å². The molecule has 0 atom stereocenters. The first-order chi connectivity index (χ1) is 10.1. The standard InChI is InChI=1S/C15H17N3O3/c1-9-12(10(2)18-17-9)6-15(19)16-7-11-3-4-13-14(5-11)21-8-20-13/h3-5H,6-8H2,1-2H3,(H,16,19)(H,17,18). The van der Waals surface area contributed by atoms with Crippen LogP contribution >= 0.6 is 0 Å². The molecule has 2 heterocycles. The van der Waals surface area contributed by atoms with Crippen molar-refractivity contribution in [3.63, 3.8) is 0 Å². The molecule has 3 rings (SSSR count). The molecule has 0 spiro atoms. The summed E-state index contributed by atoms with van der Waals surface area (Å²) in [6.45, 7) is 4.53. The van der Waals surface area contributed by atoms with Crippen LogP contribution in [0.1, 0.15) is 22.5 Å². The first-order valence-corrected chi connectivity index (χ1v) is 6.79. The van der Waals surface area contributed by atoms with Crippen molar-refractivity contribution in [2.45, 2.75) is 26.8 Å². The van der Waals surface area contributed by atoms with E-state index in [0.717, 1.165) is 34.0 Å². The Morgan fingerprint density at radius 2 is 2.14 bits per heavy atom. The van der Waals surface area contributed by atoms with Gasteiger partial charge in [-0.15, -0.1) is 0 Å². The number of ether oxygens (including phenoxy) is 2. The van der Waals surface area contributed by atoms with E-state index >= 15 is 0 Å². The van der Waals surface area contributed by atoms with Crippen molar-refractivity contribution in [3.8, 4) is 11.5 Å². The summed E-state index contributed by atoms with van der Waals surface area (Å²) in [7, 11) is 0. The number of carbonyl (C=O) groups is 1. The monoisotopic (exact) mass is 287 g/mol. The number of nitrogens with zero attached hydrogens (tertiary/aromatic N) is 1. The van der Waals surface area contributed by atoms with Gasteiger partial charge in [-0.25, -0.2) is 0 Å². The number of rotatable bonds is 4. The maximum Gasteiger partial charge on any atom is 0.231 e. The molecule has 0 unspecified atom stereocenters. The Labute approximate surface area is 122 Å². The lowest BCUT2D eigenvalue weighted by atomic mass is 10.1. The minimum Gasteiger partial charge on any atom is -0.454 e. The molecule has 0 saturated carbocycles. The number of H-pyrrole nitrogens is 1. The zero-order valence-electron chi connectivity index (χ0n) is 12.0. The largest absolute Gasteiger partial charge is 0.454 e. The Morgan fingerprint density at radius 1 is 1.33 bits per heavy atom. The highest BCUT2D eigenvalue weighted by Gasteiger charge is 2.14. The molecule has 1 aliphatic rings. The van der Waals surface area contributed by atoms with E-state index in [1.807, 2.05) is 32.0 Å². The molecule has 0 bridgehead atoms. The third kappa shape index (κ3) is 2.84. The minimum atomic E-state index is -0.0275. The Morgan fingerprint density at radius 3 is 2.90 bits per heavy atom. The third-order valence-corrected chi connectivity index (χ3v) is 3.54. The summed E-state index contributed by atoms with van der Waals surface area (Å²) >= 11 is 0. The smallest absolute Gasteiger partial charge is 0.231 e. The van der Waals surface area contributed by atoms with Crippen LogP contribution in [0.15, 0.2) is 18.2 Å². The zero-order valence-corrected chi connectivity index (χ0v) is 12.0. The molecule has 0 radical (unpaired) electrons. The highest BCUT2D eigenvalue weighted by atomic mass is 16.7. The summed E-state index contributed by atoms with van der Waals surface area (Å²) in [6.07, 6.45) is 0.332. The molecule has 1 amide bonds. The zero-order chi connectivity index (χ0) is 14.8. The van der Waals surface area contributed by atoms with Crippen LogP contribution in [-0.4, -0.2) is 22.9 Å². The van der Waals surface area contributed by atoms with Gasteiger partial charge in [-0.2, -0.15) is 5.10 Å². The van der Waals surface area contributed by atoms with Crippen molar-refractivity contribution < 1.29 is 14.3 Å². The highest BCUT2D eigenvalue weighted by molar-refractivity contribution is 5.79. The van der Waals surface area contributed by atoms with E-state index in [2.05, 4.69) is 15.5 Å². The number of amides is 1. The average Bonchev–Trinajstić information content (AvgIpc) is 3.06. The summed E-state index contributed by atoms with van der Waals surface area (Å²) in [5.74, 6) is 1.44. The summed E-state index contributed by atoms with van der Waals surface area (Å²) < 4.78 is 10.6. The van der Waals surface area contributed by atoms with E-state index in [1.54, 1.807) is 0 Å². The molecule has 110 valence electrons. The molecule has 6 nitrogen and oxygen atoms in total. The van der Waals surface area contributed by atoms with E-state index in [1.165, 1.54) is 0 Å². The lowest BCUT2D eigenvalue weighted by Gasteiger charge is -2.06. The average molecular weight is 287 g/mol. The molecule has 1 aromatic heterocycles. The Bertz CT molecular complexity index is 659. The van der Waals surface area contributed by atoms with E-state index < -0.39 is 0 Å². The lowest BCUT2D eigenvalue weighted by Crippen LogP contribution is -2.24. The van der Waals surface area contributed by atoms with Gasteiger partial charge < -0.3 is 14.8 Å². The van der Waals surface area contributed by atoms with Crippen molar-refractivity contribution in [1.29, 1.82) is 0 Å². The summed E-state index contributed by atoms with van der Waals surface area (Å²) in [4.78, 5) is 12.0. The van der Waals surface area contributed by atoms with Gasteiger partial charge in [0.1, 0.15) is 0 Å². The quantitative estimate of drug-likeness (QED) is 0.896. The van der Waals surface area contributed by atoms with Crippen molar-refractivity contribution in [3.05, 3.63) is 40.7 Å². The molecular weight excluding hydrogens is 270 g/mol. The van der Waals surface area contributed by atoms with Gasteiger partial charge in [0.2, 0.25) is 12.7 Å². The molecule has 0 saturated heterocycles. The van der Waals surface area contributed by atoms with Crippen LogP contribution in [0.5, 0.6) is 11.5 Å². The molecule has 1 aliphatic heterocycles. The van der Waals surface area contributed by atoms with Crippen LogP contribution in [0.25, 0.3) is 0 Å². The fraction of sp³-hybridized carbons (Fsp3) is 0.333. The Kier molecular flexibility index (Phi) is 3.51. The second kappa shape index (κ2) is 5.47. The number of aromatic nitrogens is 2. The number of benzene rings is 1. The van der Waals surface area contributed by atoms with Gasteiger partial charge in [-0.3, -0.25) is 9.89 Å². The molecule has 0 aliphatic carbocycles. The van der Waals surface area contributed by atoms with Crippen LogP contribution in [0, 0.1) is 13.8 Å². The van der Waals surface area contributed by atoms with E-state index in [0.29, 0.717) is 13.0 Å². The molecule has 2 N–H and O–H groups in total. The summed E-state index contributed by atoms with van der Waals surface area (Å²) in [6, 6.07) is 5.66. The summed E-state index contributed by atoms with van der Waals surface area (Å²) in [5, 5.41) is 9.88. The maximum absolute atomic E-state index is 12.0. The maximum atomic E-state index is 12.0. The number of aromatic amines is 1. The summed E-state index contributed by atoms with van der Waals surface area (Å²) in [5.41, 5.74) is 3.74. The normalized spacial score (nSPS) is 12.5. The third-order valence-electron chi connectivity index (χ3n) is 3.54. The van der Waals surface area contributed by atoms with Gasteiger partial charge in [0, 0.05) is 17.8 Å². The highest BCUT2D eigenvalue weighted by Crippen LogP contribution is 2.32. The van der Waals surface area contributed by atoms with Crippen LogP contribution < -0.4 is 14.8 Å². The predicted molar refractivity (Wildman–Crippen MR) is 76.2 cm³/mol. The van der Waals surface area contributed by atoms with Gasteiger partial charge >= 0.3 is 0 Å². The van der Waals surface area contributed by atoms with Gasteiger partial charge in [-0.05, 0) is 31.5 Å². The second-order valence-corrected chi connectivity index (χ2v) is 5.05. The first kappa shape index (κ1) is 13.5. The molecule has 2 aromatic rings. The predicted octanol–water partition coefficient (Wildman–Crippen LogP) is 1.61.